The molecule has 1 amide bonds. The first-order valence-electron chi connectivity index (χ1n) is 13.0. The van der Waals surface area contributed by atoms with E-state index in [4.69, 9.17) is 9.72 Å². The van der Waals surface area contributed by atoms with Gasteiger partial charge in [-0.2, -0.15) is 0 Å². The molecule has 11 nitrogen and oxygen atoms in total. The van der Waals surface area contributed by atoms with Crippen molar-refractivity contribution >= 4 is 45.4 Å². The molecule has 0 bridgehead atoms. The number of imidazole rings is 1. The van der Waals surface area contributed by atoms with Crippen LogP contribution in [0.2, 0.25) is 0 Å². The van der Waals surface area contributed by atoms with Gasteiger partial charge in [-0.1, -0.05) is 6.58 Å². The van der Waals surface area contributed by atoms with Gasteiger partial charge in [-0.05, 0) is 55.8 Å². The van der Waals surface area contributed by atoms with Gasteiger partial charge in [-0.3, -0.25) is 4.79 Å². The number of rotatable bonds is 6. The van der Waals surface area contributed by atoms with Gasteiger partial charge in [0.2, 0.25) is 11.9 Å². The molecule has 40 heavy (non-hydrogen) atoms. The smallest absolute Gasteiger partial charge is 0.246 e. The Labute approximate surface area is 231 Å². The Balaban J connectivity index is 1.21. The summed E-state index contributed by atoms with van der Waals surface area (Å²) in [6.45, 7) is 9.43. The lowest BCUT2D eigenvalue weighted by Crippen LogP contribution is -2.54. The zero-order valence-electron chi connectivity index (χ0n) is 22.6. The van der Waals surface area contributed by atoms with Crippen molar-refractivity contribution < 1.29 is 9.53 Å². The first-order valence-corrected chi connectivity index (χ1v) is 13.0. The Hall–Kier alpha value is -5.06. The van der Waals surface area contributed by atoms with Crippen LogP contribution >= 0.6 is 0 Å². The van der Waals surface area contributed by atoms with Gasteiger partial charge in [0.25, 0.3) is 0 Å². The van der Waals surface area contributed by atoms with Gasteiger partial charge < -0.3 is 24.4 Å². The van der Waals surface area contributed by atoms with E-state index in [-0.39, 0.29) is 11.9 Å². The molecule has 1 fully saturated rings. The van der Waals surface area contributed by atoms with Crippen LogP contribution in [0.25, 0.3) is 22.1 Å². The molecule has 0 radical (unpaired) electrons. The fourth-order valence-corrected chi connectivity index (χ4v) is 4.96. The molecular formula is C29H29N9O2. The lowest BCUT2D eigenvalue weighted by atomic mass is 10.2. The zero-order valence-corrected chi connectivity index (χ0v) is 22.6. The van der Waals surface area contributed by atoms with E-state index in [1.807, 2.05) is 66.8 Å². The van der Waals surface area contributed by atoms with Crippen LogP contribution in [0, 0.1) is 6.92 Å². The lowest BCUT2D eigenvalue weighted by Gasteiger charge is -2.39. The molecule has 1 aliphatic rings. The summed E-state index contributed by atoms with van der Waals surface area (Å²) in [7, 11) is 1.97. The van der Waals surface area contributed by atoms with Crippen molar-refractivity contribution in [1.29, 1.82) is 0 Å². The van der Waals surface area contributed by atoms with E-state index in [2.05, 4.69) is 36.7 Å². The van der Waals surface area contributed by atoms with Gasteiger partial charge >= 0.3 is 0 Å². The molecule has 0 saturated carbocycles. The van der Waals surface area contributed by atoms with Gasteiger partial charge in [-0.25, -0.2) is 24.9 Å². The van der Waals surface area contributed by atoms with Gasteiger partial charge in [0.05, 0.1) is 23.6 Å². The van der Waals surface area contributed by atoms with Crippen molar-refractivity contribution in [3.63, 3.8) is 0 Å². The molecule has 1 aliphatic heterocycles. The highest BCUT2D eigenvalue weighted by molar-refractivity contribution is 5.88. The lowest BCUT2D eigenvalue weighted by molar-refractivity contribution is -0.128. The number of aryl methyl sites for hydroxylation is 2. The standard InChI is InChI=1S/C29H29N9O2/c1-5-26(39)38-11-10-37(15-19(38)3)29-30-14-23-27(35-29)28(32-16-31-23)34-20-6-9-25(18(2)12-20)40-21-7-8-24-22(13-21)33-17-36(24)4/h5-9,12-14,16-17,19H,1,10-11,15H2,2-4H3,(H,31,32,34). The summed E-state index contributed by atoms with van der Waals surface area (Å²) < 4.78 is 8.14. The minimum absolute atomic E-state index is 0.0118. The first kappa shape index (κ1) is 25.2. The molecule has 11 heteroatoms. The Morgan fingerprint density at radius 1 is 1.10 bits per heavy atom. The van der Waals surface area contributed by atoms with Gasteiger partial charge in [-0.15, -0.1) is 0 Å². The van der Waals surface area contributed by atoms with E-state index < -0.39 is 0 Å². The van der Waals surface area contributed by atoms with Crippen LogP contribution < -0.4 is 15.0 Å². The normalized spacial score (nSPS) is 15.4. The maximum atomic E-state index is 12.1. The van der Waals surface area contributed by atoms with Crippen molar-refractivity contribution in [2.45, 2.75) is 19.9 Å². The fraction of sp³-hybridized carbons (Fsp3) is 0.241. The molecule has 1 saturated heterocycles. The third kappa shape index (κ3) is 4.77. The SMILES string of the molecule is C=CC(=O)N1CCN(c2ncc3ncnc(Nc4ccc(Oc5ccc6c(c5)ncn6C)c(C)c4)c3n2)CC1C. The maximum absolute atomic E-state index is 12.1. The number of fused-ring (bicyclic) bond motifs is 2. The molecule has 1 unspecified atom stereocenters. The quantitative estimate of drug-likeness (QED) is 0.317. The summed E-state index contributed by atoms with van der Waals surface area (Å²) in [6, 6.07) is 11.8. The number of nitrogens with zero attached hydrogens (tertiary/aromatic N) is 8. The topological polar surface area (TPSA) is 114 Å². The summed E-state index contributed by atoms with van der Waals surface area (Å²) in [5, 5.41) is 3.38. The number of ether oxygens (including phenoxy) is 1. The molecule has 5 aromatic rings. The summed E-state index contributed by atoms with van der Waals surface area (Å²) in [6.07, 6.45) is 6.34. The molecule has 6 rings (SSSR count). The maximum Gasteiger partial charge on any atom is 0.246 e. The van der Waals surface area contributed by atoms with Crippen LogP contribution in [0.1, 0.15) is 12.5 Å². The van der Waals surface area contributed by atoms with Crippen LogP contribution in [-0.2, 0) is 11.8 Å². The second-order valence-corrected chi connectivity index (χ2v) is 9.87. The van der Waals surface area contributed by atoms with E-state index in [1.54, 1.807) is 12.5 Å². The molecule has 2 aromatic carbocycles. The zero-order chi connectivity index (χ0) is 27.8. The molecule has 3 aromatic heterocycles. The molecule has 4 heterocycles. The number of aromatic nitrogens is 6. The van der Waals surface area contributed by atoms with Crippen LogP contribution in [-0.4, -0.2) is 66.0 Å². The average molecular weight is 536 g/mol. The largest absolute Gasteiger partial charge is 0.457 e. The number of nitrogens with one attached hydrogen (secondary N) is 1. The number of hydrogen-bond donors (Lipinski definition) is 1. The Bertz CT molecular complexity index is 1750. The van der Waals surface area contributed by atoms with Gasteiger partial charge in [0, 0.05) is 44.5 Å². The number of benzene rings is 2. The molecular weight excluding hydrogens is 506 g/mol. The summed E-state index contributed by atoms with van der Waals surface area (Å²) in [5.41, 5.74) is 4.99. The molecule has 1 N–H and O–H groups in total. The predicted molar refractivity (Wildman–Crippen MR) is 154 cm³/mol. The van der Waals surface area contributed by atoms with E-state index in [0.717, 1.165) is 33.8 Å². The van der Waals surface area contributed by atoms with E-state index in [9.17, 15) is 4.79 Å². The van der Waals surface area contributed by atoms with Crippen LogP contribution in [0.5, 0.6) is 11.5 Å². The van der Waals surface area contributed by atoms with Crippen molar-refractivity contribution in [3.8, 4) is 11.5 Å². The van der Waals surface area contributed by atoms with E-state index >= 15 is 0 Å². The Kier molecular flexibility index (Phi) is 6.47. The predicted octanol–water partition coefficient (Wildman–Crippen LogP) is 4.37. The first-order chi connectivity index (χ1) is 19.4. The average Bonchev–Trinajstić information content (AvgIpc) is 3.33. The highest BCUT2D eigenvalue weighted by atomic mass is 16.5. The van der Waals surface area contributed by atoms with Gasteiger partial charge in [0.1, 0.15) is 28.9 Å². The molecule has 0 aliphatic carbocycles. The summed E-state index contributed by atoms with van der Waals surface area (Å²) in [4.78, 5) is 38.6. The van der Waals surface area contributed by atoms with Crippen LogP contribution in [0.15, 0.2) is 67.9 Å². The fourth-order valence-electron chi connectivity index (χ4n) is 4.96. The van der Waals surface area contributed by atoms with Crippen molar-refractivity contribution in [1.82, 2.24) is 34.4 Å². The number of piperazine rings is 1. The minimum Gasteiger partial charge on any atom is -0.457 e. The van der Waals surface area contributed by atoms with Gasteiger partial charge in [0.15, 0.2) is 5.82 Å². The van der Waals surface area contributed by atoms with Crippen LogP contribution in [0.3, 0.4) is 0 Å². The number of carbonyl (C=O) groups is 1. The number of hydrogen-bond acceptors (Lipinski definition) is 9. The second-order valence-electron chi connectivity index (χ2n) is 9.87. The van der Waals surface area contributed by atoms with Crippen molar-refractivity contribution in [2.75, 3.05) is 29.9 Å². The van der Waals surface area contributed by atoms with E-state index in [0.29, 0.717) is 42.4 Å². The number of carbonyl (C=O) groups excluding carboxylic acids is 1. The second kappa shape index (κ2) is 10.3. The summed E-state index contributed by atoms with van der Waals surface area (Å²) >= 11 is 0. The summed E-state index contributed by atoms with van der Waals surface area (Å²) in [5.74, 6) is 2.57. The molecule has 0 spiro atoms. The van der Waals surface area contributed by atoms with Crippen molar-refractivity contribution in [3.05, 3.63) is 73.5 Å². The van der Waals surface area contributed by atoms with Crippen molar-refractivity contribution in [2.24, 2.45) is 7.05 Å². The van der Waals surface area contributed by atoms with Crippen LogP contribution in [0.4, 0.5) is 17.5 Å². The Morgan fingerprint density at radius 3 is 2.77 bits per heavy atom. The minimum atomic E-state index is -0.0625. The third-order valence-corrected chi connectivity index (χ3v) is 7.10. The van der Waals surface area contributed by atoms with E-state index in [1.165, 1.54) is 12.4 Å². The number of amides is 1. The number of anilines is 3. The highest BCUT2D eigenvalue weighted by Gasteiger charge is 2.27. The highest BCUT2D eigenvalue weighted by Crippen LogP contribution is 2.31. The Morgan fingerprint density at radius 2 is 1.98 bits per heavy atom. The molecule has 202 valence electrons. The monoisotopic (exact) mass is 535 g/mol. The third-order valence-electron chi connectivity index (χ3n) is 7.10. The molecule has 1 atom stereocenters.